The molecule has 0 unspecified atom stereocenters. The lowest BCUT2D eigenvalue weighted by molar-refractivity contribution is -0.134. The average Bonchev–Trinajstić information content (AvgIpc) is 3.01. The van der Waals surface area contributed by atoms with Crippen LogP contribution in [-0.4, -0.2) is 54.4 Å². The molecule has 0 bridgehead atoms. The molecule has 0 aliphatic carbocycles. The van der Waals surface area contributed by atoms with Gasteiger partial charge in [-0.3, -0.25) is 9.59 Å². The zero-order valence-corrected chi connectivity index (χ0v) is 14.9. The van der Waals surface area contributed by atoms with Gasteiger partial charge in [-0.25, -0.2) is 0 Å². The highest BCUT2D eigenvalue weighted by atomic mass is 32.1. The Labute approximate surface area is 151 Å². The van der Waals surface area contributed by atoms with E-state index in [1.165, 1.54) is 0 Å². The molecule has 2 aromatic rings. The van der Waals surface area contributed by atoms with Crippen LogP contribution in [0.4, 0.5) is 0 Å². The van der Waals surface area contributed by atoms with Gasteiger partial charge >= 0.3 is 0 Å². The highest BCUT2D eigenvalue weighted by Gasteiger charge is 2.22. The Hall–Kier alpha value is -2.34. The summed E-state index contributed by atoms with van der Waals surface area (Å²) in [6, 6.07) is 13.3. The van der Waals surface area contributed by atoms with Crippen LogP contribution in [0.15, 0.2) is 47.8 Å². The lowest BCUT2D eigenvalue weighted by Gasteiger charge is -2.22. The van der Waals surface area contributed by atoms with Crippen LogP contribution in [0.1, 0.15) is 11.3 Å². The molecule has 0 atom stereocenters. The van der Waals surface area contributed by atoms with Gasteiger partial charge in [0.2, 0.25) is 5.91 Å². The molecular formula is C19H22N2O3S. The van der Waals surface area contributed by atoms with Crippen molar-refractivity contribution in [2.24, 2.45) is 0 Å². The summed E-state index contributed by atoms with van der Waals surface area (Å²) in [5, 5.41) is 1.98. The molecule has 25 heavy (non-hydrogen) atoms. The predicted octanol–water partition coefficient (Wildman–Crippen LogP) is 2.43. The van der Waals surface area contributed by atoms with Crippen LogP contribution in [-0.2, 0) is 16.0 Å². The number of carbonyl (C=O) groups excluding carboxylic acids is 2. The molecule has 6 heteroatoms. The molecule has 0 N–H and O–H groups in total. The third kappa shape index (κ3) is 5.06. The minimum atomic E-state index is -0.0311. The zero-order chi connectivity index (χ0) is 17.5. The highest BCUT2D eigenvalue weighted by molar-refractivity contribution is 7.10. The lowest BCUT2D eigenvalue weighted by atomic mass is 10.3. The summed E-state index contributed by atoms with van der Waals surface area (Å²) in [4.78, 5) is 29.5. The van der Waals surface area contributed by atoms with E-state index in [4.69, 9.17) is 4.74 Å². The molecule has 0 radical (unpaired) electrons. The second kappa shape index (κ2) is 8.67. The van der Waals surface area contributed by atoms with E-state index in [9.17, 15) is 9.59 Å². The summed E-state index contributed by atoms with van der Waals surface area (Å²) >= 11 is 1.60. The summed E-state index contributed by atoms with van der Waals surface area (Å²) in [7, 11) is 0. The van der Waals surface area contributed by atoms with Crippen LogP contribution >= 0.6 is 11.3 Å². The summed E-state index contributed by atoms with van der Waals surface area (Å²) < 4.78 is 5.54. The fraction of sp³-hybridized carbons (Fsp3) is 0.368. The first kappa shape index (κ1) is 17.5. The number of nitrogens with zero attached hydrogens (tertiary/aromatic N) is 2. The number of ether oxygens (including phenoxy) is 1. The van der Waals surface area contributed by atoms with Crippen molar-refractivity contribution >= 4 is 23.2 Å². The Morgan fingerprint density at radius 2 is 1.64 bits per heavy atom. The molecule has 2 amide bonds. The first-order chi connectivity index (χ1) is 12.2. The summed E-state index contributed by atoms with van der Waals surface area (Å²) in [5.74, 6) is 0.798. The van der Waals surface area contributed by atoms with Gasteiger partial charge in [0.1, 0.15) is 5.75 Å². The van der Waals surface area contributed by atoms with Crippen LogP contribution in [0, 0.1) is 0 Å². The van der Waals surface area contributed by atoms with E-state index in [0.717, 1.165) is 11.3 Å². The Morgan fingerprint density at radius 3 is 2.32 bits per heavy atom. The molecule has 132 valence electrons. The smallest absolute Gasteiger partial charge is 0.260 e. The van der Waals surface area contributed by atoms with E-state index in [1.54, 1.807) is 16.2 Å². The topological polar surface area (TPSA) is 49.9 Å². The molecule has 1 aliphatic rings. The second-order valence-electron chi connectivity index (χ2n) is 5.97. The van der Waals surface area contributed by atoms with E-state index in [-0.39, 0.29) is 18.4 Å². The molecular weight excluding hydrogens is 336 g/mol. The molecule has 0 spiro atoms. The van der Waals surface area contributed by atoms with Gasteiger partial charge in [0.15, 0.2) is 6.61 Å². The number of para-hydroxylation sites is 1. The fourth-order valence-corrected chi connectivity index (χ4v) is 3.54. The third-order valence-corrected chi connectivity index (χ3v) is 5.09. The SMILES string of the molecule is O=C(COc1ccccc1)N1CCCN(C(=O)Cc2cccs2)CC1. The number of benzene rings is 1. The molecule has 5 nitrogen and oxygen atoms in total. The Kier molecular flexibility index (Phi) is 6.06. The maximum absolute atomic E-state index is 12.4. The van der Waals surface area contributed by atoms with Gasteiger partial charge in [-0.1, -0.05) is 24.3 Å². The molecule has 1 saturated heterocycles. The molecule has 3 rings (SSSR count). The van der Waals surface area contributed by atoms with Gasteiger partial charge in [-0.2, -0.15) is 0 Å². The van der Waals surface area contributed by atoms with Crippen LogP contribution in [0.2, 0.25) is 0 Å². The Balaban J connectivity index is 1.47. The van der Waals surface area contributed by atoms with E-state index >= 15 is 0 Å². The summed E-state index contributed by atoms with van der Waals surface area (Å²) in [5.41, 5.74) is 0. The van der Waals surface area contributed by atoms with Crippen molar-refractivity contribution < 1.29 is 14.3 Å². The normalized spacial score (nSPS) is 14.9. The quantitative estimate of drug-likeness (QED) is 0.825. The van der Waals surface area contributed by atoms with Gasteiger partial charge in [-0.15, -0.1) is 11.3 Å². The number of hydrogen-bond donors (Lipinski definition) is 0. The van der Waals surface area contributed by atoms with E-state index in [2.05, 4.69) is 0 Å². The van der Waals surface area contributed by atoms with Gasteiger partial charge in [0.05, 0.1) is 6.42 Å². The van der Waals surface area contributed by atoms with Gasteiger partial charge in [0.25, 0.3) is 5.91 Å². The average molecular weight is 358 g/mol. The molecule has 1 aromatic heterocycles. The summed E-state index contributed by atoms with van der Waals surface area (Å²) in [6.07, 6.45) is 1.25. The van der Waals surface area contributed by atoms with E-state index in [1.807, 2.05) is 52.7 Å². The largest absolute Gasteiger partial charge is 0.484 e. The van der Waals surface area contributed by atoms with Gasteiger partial charge in [-0.05, 0) is 30.0 Å². The zero-order valence-electron chi connectivity index (χ0n) is 14.1. The Bertz CT molecular complexity index is 688. The van der Waals surface area contributed by atoms with Crippen molar-refractivity contribution in [3.63, 3.8) is 0 Å². The highest BCUT2D eigenvalue weighted by Crippen LogP contribution is 2.13. The molecule has 1 aromatic carbocycles. The van der Waals surface area contributed by atoms with Crippen LogP contribution in [0.3, 0.4) is 0 Å². The van der Waals surface area contributed by atoms with Crippen molar-refractivity contribution in [2.45, 2.75) is 12.8 Å². The van der Waals surface area contributed by atoms with Crippen molar-refractivity contribution in [3.8, 4) is 5.75 Å². The monoisotopic (exact) mass is 358 g/mol. The fourth-order valence-electron chi connectivity index (χ4n) is 2.84. The van der Waals surface area contributed by atoms with Crippen LogP contribution < -0.4 is 4.74 Å². The van der Waals surface area contributed by atoms with Crippen molar-refractivity contribution in [2.75, 3.05) is 32.8 Å². The molecule has 2 heterocycles. The maximum atomic E-state index is 12.4. The predicted molar refractivity (Wildman–Crippen MR) is 97.7 cm³/mol. The minimum Gasteiger partial charge on any atom is -0.484 e. The Morgan fingerprint density at radius 1 is 0.920 bits per heavy atom. The van der Waals surface area contributed by atoms with Crippen LogP contribution in [0.5, 0.6) is 5.75 Å². The number of hydrogen-bond acceptors (Lipinski definition) is 4. The number of carbonyl (C=O) groups is 2. The van der Waals surface area contributed by atoms with Crippen molar-refractivity contribution in [3.05, 3.63) is 52.7 Å². The van der Waals surface area contributed by atoms with E-state index < -0.39 is 0 Å². The molecule has 1 aliphatic heterocycles. The van der Waals surface area contributed by atoms with Gasteiger partial charge in [0, 0.05) is 31.1 Å². The second-order valence-corrected chi connectivity index (χ2v) is 7.01. The van der Waals surface area contributed by atoms with Crippen LogP contribution in [0.25, 0.3) is 0 Å². The first-order valence-electron chi connectivity index (χ1n) is 8.48. The number of thiophene rings is 1. The van der Waals surface area contributed by atoms with Gasteiger partial charge < -0.3 is 14.5 Å². The third-order valence-electron chi connectivity index (χ3n) is 4.21. The molecule has 1 fully saturated rings. The summed E-state index contributed by atoms with van der Waals surface area (Å²) in [6.45, 7) is 2.55. The maximum Gasteiger partial charge on any atom is 0.260 e. The standard InChI is InChI=1S/C19H22N2O3S/c22-18(14-17-8-4-13-25-17)20-9-5-10-21(12-11-20)19(23)15-24-16-6-2-1-3-7-16/h1-4,6-8,13H,5,9-12,14-15H2. The lowest BCUT2D eigenvalue weighted by Crippen LogP contribution is -2.39. The molecule has 0 saturated carbocycles. The van der Waals surface area contributed by atoms with Crippen molar-refractivity contribution in [1.82, 2.24) is 9.80 Å². The van der Waals surface area contributed by atoms with E-state index in [0.29, 0.717) is 38.3 Å². The minimum absolute atomic E-state index is 0.0311. The number of amides is 2. The van der Waals surface area contributed by atoms with Crippen molar-refractivity contribution in [1.29, 1.82) is 0 Å². The number of rotatable bonds is 5. The first-order valence-corrected chi connectivity index (χ1v) is 9.36.